The Morgan fingerprint density at radius 2 is 2.29 bits per heavy atom. The van der Waals surface area contributed by atoms with Crippen molar-refractivity contribution in [3.05, 3.63) is 35.1 Å². The Hall–Kier alpha value is -1.27. The Labute approximate surface area is 103 Å². The minimum atomic E-state index is -0.397. The van der Waals surface area contributed by atoms with E-state index in [1.54, 1.807) is 12.1 Å². The normalized spacial score (nSPS) is 13.7. The molecule has 0 heterocycles. The van der Waals surface area contributed by atoms with Gasteiger partial charge in [-0.05, 0) is 11.6 Å². The van der Waals surface area contributed by atoms with Crippen LogP contribution in [0.15, 0.2) is 23.4 Å². The van der Waals surface area contributed by atoms with Crippen LogP contribution in [0.1, 0.15) is 18.1 Å². The number of thioether (sulfide) groups is 1. The van der Waals surface area contributed by atoms with E-state index < -0.39 is 5.82 Å². The Morgan fingerprint density at radius 3 is 2.82 bits per heavy atom. The number of aliphatic hydroxyl groups is 1. The fraction of sp³-hybridized carbons (Fsp3) is 0.364. The van der Waals surface area contributed by atoms with Crippen molar-refractivity contribution in [3.8, 4) is 0 Å². The predicted octanol–water partition coefficient (Wildman–Crippen LogP) is 1.53. The Kier molecular flexibility index (Phi) is 5.24. The van der Waals surface area contributed by atoms with E-state index in [9.17, 15) is 4.39 Å². The smallest absolute Gasteiger partial charge is 0.170 e. The van der Waals surface area contributed by atoms with Crippen molar-refractivity contribution in [3.63, 3.8) is 0 Å². The number of rotatable bonds is 5. The zero-order chi connectivity index (χ0) is 12.8. The number of nitrogens with two attached hydrogens (primary N) is 1. The third kappa shape index (κ3) is 3.90. The van der Waals surface area contributed by atoms with Crippen LogP contribution in [-0.4, -0.2) is 28.0 Å². The third-order valence-electron chi connectivity index (χ3n) is 2.24. The number of benzene rings is 1. The van der Waals surface area contributed by atoms with Crippen LogP contribution < -0.4 is 5.73 Å². The lowest BCUT2D eigenvalue weighted by molar-refractivity contribution is 0.300. The molecule has 94 valence electrons. The van der Waals surface area contributed by atoms with Gasteiger partial charge in [-0.2, -0.15) is 11.8 Å². The molecule has 0 amide bonds. The van der Waals surface area contributed by atoms with Gasteiger partial charge in [0.15, 0.2) is 5.84 Å². The number of halogens is 1. The van der Waals surface area contributed by atoms with Gasteiger partial charge in [-0.1, -0.05) is 24.2 Å². The number of hydrogen-bond donors (Lipinski definition) is 3. The molecule has 4 N–H and O–H groups in total. The van der Waals surface area contributed by atoms with Crippen LogP contribution in [0.2, 0.25) is 0 Å². The number of nitrogens with zero attached hydrogens (tertiary/aromatic N) is 1. The molecule has 0 bridgehead atoms. The molecule has 17 heavy (non-hydrogen) atoms. The lowest BCUT2D eigenvalue weighted by Crippen LogP contribution is -2.13. The molecule has 1 unspecified atom stereocenters. The molecular weight excluding hydrogens is 243 g/mol. The highest BCUT2D eigenvalue weighted by molar-refractivity contribution is 7.99. The molecule has 0 aliphatic carbocycles. The molecule has 1 aromatic carbocycles. The zero-order valence-corrected chi connectivity index (χ0v) is 10.2. The van der Waals surface area contributed by atoms with E-state index in [0.717, 1.165) is 0 Å². The molecular formula is C11H15FN2O2S. The molecule has 0 saturated heterocycles. The van der Waals surface area contributed by atoms with Gasteiger partial charge < -0.3 is 16.0 Å². The summed E-state index contributed by atoms with van der Waals surface area (Å²) in [5.41, 5.74) is 6.23. The Bertz CT molecular complexity index is 412. The fourth-order valence-electron chi connectivity index (χ4n) is 1.17. The van der Waals surface area contributed by atoms with Crippen molar-refractivity contribution < 1.29 is 14.7 Å². The van der Waals surface area contributed by atoms with Gasteiger partial charge in [0.2, 0.25) is 0 Å². The van der Waals surface area contributed by atoms with Crippen LogP contribution >= 0.6 is 11.8 Å². The Morgan fingerprint density at radius 1 is 1.59 bits per heavy atom. The zero-order valence-electron chi connectivity index (χ0n) is 9.43. The molecule has 0 saturated carbocycles. The third-order valence-corrected chi connectivity index (χ3v) is 3.43. The topological polar surface area (TPSA) is 78.8 Å². The van der Waals surface area contributed by atoms with E-state index in [0.29, 0.717) is 16.9 Å². The molecule has 1 atom stereocenters. The average Bonchev–Trinajstić information content (AvgIpc) is 2.35. The summed E-state index contributed by atoms with van der Waals surface area (Å²) in [5, 5.41) is 20.2. The number of hydrogen-bond acceptors (Lipinski definition) is 4. The molecule has 0 aromatic heterocycles. The molecule has 4 nitrogen and oxygen atoms in total. The van der Waals surface area contributed by atoms with E-state index in [1.807, 2.05) is 6.92 Å². The summed E-state index contributed by atoms with van der Waals surface area (Å²) in [6, 6.07) is 4.42. The highest BCUT2D eigenvalue weighted by atomic mass is 32.2. The number of amidine groups is 1. The molecule has 0 aliphatic heterocycles. The van der Waals surface area contributed by atoms with Crippen LogP contribution in [-0.2, 0) is 5.75 Å². The molecule has 0 radical (unpaired) electrons. The summed E-state index contributed by atoms with van der Waals surface area (Å²) in [7, 11) is 0. The second kappa shape index (κ2) is 6.46. The summed E-state index contributed by atoms with van der Waals surface area (Å²) < 4.78 is 13.6. The van der Waals surface area contributed by atoms with Crippen LogP contribution in [0.4, 0.5) is 4.39 Å². The fourth-order valence-corrected chi connectivity index (χ4v) is 1.97. The summed E-state index contributed by atoms with van der Waals surface area (Å²) in [6.07, 6.45) is 0. The molecule has 1 rings (SSSR count). The lowest BCUT2D eigenvalue weighted by atomic mass is 10.1. The molecule has 0 aliphatic rings. The predicted molar refractivity (Wildman–Crippen MR) is 66.8 cm³/mol. The highest BCUT2D eigenvalue weighted by Gasteiger charge is 2.08. The van der Waals surface area contributed by atoms with E-state index >= 15 is 0 Å². The first-order chi connectivity index (χ1) is 8.08. The average molecular weight is 258 g/mol. The SMILES string of the molecule is CC(CO)SCc1ccc(/C(N)=N/O)cc1F. The number of aliphatic hydroxyl groups excluding tert-OH is 1. The molecule has 1 aromatic rings. The van der Waals surface area contributed by atoms with Crippen LogP contribution in [0.5, 0.6) is 0 Å². The summed E-state index contributed by atoms with van der Waals surface area (Å²) in [4.78, 5) is 0. The van der Waals surface area contributed by atoms with E-state index in [4.69, 9.17) is 16.0 Å². The van der Waals surface area contributed by atoms with Gasteiger partial charge in [0.05, 0.1) is 6.61 Å². The summed E-state index contributed by atoms with van der Waals surface area (Å²) in [5.74, 6) is -0.0390. The van der Waals surface area contributed by atoms with Gasteiger partial charge in [0.1, 0.15) is 5.82 Å². The van der Waals surface area contributed by atoms with E-state index in [1.165, 1.54) is 17.8 Å². The first kappa shape index (κ1) is 13.8. The molecule has 6 heteroatoms. The van der Waals surface area contributed by atoms with Gasteiger partial charge in [-0.25, -0.2) is 4.39 Å². The minimum Gasteiger partial charge on any atom is -0.409 e. The van der Waals surface area contributed by atoms with Crippen molar-refractivity contribution in [1.29, 1.82) is 0 Å². The molecule has 0 fully saturated rings. The molecule has 0 spiro atoms. The van der Waals surface area contributed by atoms with Crippen molar-refractivity contribution >= 4 is 17.6 Å². The highest BCUT2D eigenvalue weighted by Crippen LogP contribution is 2.20. The quantitative estimate of drug-likeness (QED) is 0.324. The van der Waals surface area contributed by atoms with Crippen LogP contribution in [0.3, 0.4) is 0 Å². The van der Waals surface area contributed by atoms with Gasteiger partial charge in [-0.15, -0.1) is 0 Å². The van der Waals surface area contributed by atoms with Crippen molar-refractivity contribution in [2.45, 2.75) is 17.9 Å². The van der Waals surface area contributed by atoms with Gasteiger partial charge in [0.25, 0.3) is 0 Å². The second-order valence-electron chi connectivity index (χ2n) is 3.60. The minimum absolute atomic E-state index is 0.0640. The van der Waals surface area contributed by atoms with Crippen molar-refractivity contribution in [2.24, 2.45) is 10.9 Å². The largest absolute Gasteiger partial charge is 0.409 e. The standard InChI is InChI=1S/C11H15FN2O2S/c1-7(5-15)17-6-9-3-2-8(4-10(9)12)11(13)14-16/h2-4,7,15-16H,5-6H2,1H3,(H2,13,14). The Balaban J connectivity index is 2.76. The van der Waals surface area contributed by atoms with Gasteiger partial charge >= 0.3 is 0 Å². The van der Waals surface area contributed by atoms with Crippen molar-refractivity contribution in [2.75, 3.05) is 6.61 Å². The summed E-state index contributed by atoms with van der Waals surface area (Å²) >= 11 is 1.46. The van der Waals surface area contributed by atoms with E-state index in [2.05, 4.69) is 5.16 Å². The monoisotopic (exact) mass is 258 g/mol. The van der Waals surface area contributed by atoms with Gasteiger partial charge in [-0.3, -0.25) is 0 Å². The van der Waals surface area contributed by atoms with Crippen LogP contribution in [0, 0.1) is 5.82 Å². The van der Waals surface area contributed by atoms with E-state index in [-0.39, 0.29) is 17.7 Å². The second-order valence-corrected chi connectivity index (χ2v) is 5.02. The lowest BCUT2D eigenvalue weighted by Gasteiger charge is -2.09. The van der Waals surface area contributed by atoms with Crippen molar-refractivity contribution in [1.82, 2.24) is 0 Å². The first-order valence-corrected chi connectivity index (χ1v) is 6.12. The van der Waals surface area contributed by atoms with Crippen LogP contribution in [0.25, 0.3) is 0 Å². The summed E-state index contributed by atoms with van der Waals surface area (Å²) in [6.45, 7) is 1.93. The maximum Gasteiger partial charge on any atom is 0.170 e. The first-order valence-electron chi connectivity index (χ1n) is 5.07. The number of oxime groups is 1. The maximum absolute atomic E-state index is 13.6. The maximum atomic E-state index is 13.6. The van der Waals surface area contributed by atoms with Gasteiger partial charge in [0, 0.05) is 16.6 Å².